The van der Waals surface area contributed by atoms with Gasteiger partial charge in [-0.1, -0.05) is 105 Å². The molecule has 198 valence electrons. The fraction of sp³-hybridized carbons (Fsp3) is 0.345. The first-order valence-electron chi connectivity index (χ1n) is 12.6. The van der Waals surface area contributed by atoms with E-state index in [1.54, 1.807) is 0 Å². The van der Waals surface area contributed by atoms with E-state index < -0.39 is 14.0 Å². The molecule has 9 heteroatoms. The van der Waals surface area contributed by atoms with Crippen molar-refractivity contribution in [1.29, 1.82) is 10.5 Å². The smallest absolute Gasteiger partial charge is 0.241 e. The van der Waals surface area contributed by atoms with Crippen molar-refractivity contribution in [3.8, 4) is 12.1 Å². The molecule has 6 nitrogen and oxygen atoms in total. The molecule has 3 aromatic carbocycles. The number of amides is 1. The number of nitriles is 2. The lowest BCUT2D eigenvalue weighted by Crippen LogP contribution is -2.36. The monoisotopic (exact) mass is 565 g/mol. The van der Waals surface area contributed by atoms with Crippen LogP contribution in [0.1, 0.15) is 42.9 Å². The maximum Gasteiger partial charge on any atom is 0.241 e. The molecule has 0 saturated heterocycles. The van der Waals surface area contributed by atoms with E-state index in [-0.39, 0.29) is 38.7 Å². The average molecular weight is 567 g/mol. The Hall–Kier alpha value is -3.23. The normalized spacial score (nSPS) is 12.8. The Morgan fingerprint density at radius 1 is 0.947 bits per heavy atom. The average Bonchev–Trinajstić information content (AvgIpc) is 2.89. The molecule has 1 unspecified atom stereocenters. The summed E-state index contributed by atoms with van der Waals surface area (Å²) < 4.78 is 0. The van der Waals surface area contributed by atoms with Crippen molar-refractivity contribution in [3.05, 3.63) is 69.2 Å². The quantitative estimate of drug-likeness (QED) is 0.132. The van der Waals surface area contributed by atoms with E-state index in [1.807, 2.05) is 44.2 Å². The SMILES string of the molecule is CC(C(=O)NNc1c(Cl)c(NCCC[Si](C)(C)C)c(C#N)c(Cl)c1C#N)[C@@H](C)c1cccc2ccccc12. The number of carbonyl (C=O) groups excluding carboxylic acids is 1. The van der Waals surface area contributed by atoms with Gasteiger partial charge in [-0.15, -0.1) is 0 Å². The van der Waals surface area contributed by atoms with Gasteiger partial charge >= 0.3 is 0 Å². The summed E-state index contributed by atoms with van der Waals surface area (Å²) in [5.74, 6) is -0.747. The fourth-order valence-electron chi connectivity index (χ4n) is 4.40. The molecule has 0 fully saturated rings. The van der Waals surface area contributed by atoms with Gasteiger partial charge in [0.05, 0.1) is 32.5 Å². The van der Waals surface area contributed by atoms with E-state index in [9.17, 15) is 15.3 Å². The lowest BCUT2D eigenvalue weighted by molar-refractivity contribution is -0.124. The molecule has 3 rings (SSSR count). The van der Waals surface area contributed by atoms with Crippen LogP contribution in [0.4, 0.5) is 11.4 Å². The van der Waals surface area contributed by atoms with Crippen molar-refractivity contribution in [2.75, 3.05) is 17.3 Å². The van der Waals surface area contributed by atoms with Gasteiger partial charge in [-0.3, -0.25) is 15.6 Å². The van der Waals surface area contributed by atoms with E-state index in [1.165, 1.54) is 0 Å². The Morgan fingerprint density at radius 2 is 1.58 bits per heavy atom. The van der Waals surface area contributed by atoms with E-state index in [2.05, 4.69) is 60.1 Å². The Balaban J connectivity index is 1.82. The highest BCUT2D eigenvalue weighted by Crippen LogP contribution is 2.41. The van der Waals surface area contributed by atoms with Crippen LogP contribution in [0.15, 0.2) is 42.5 Å². The second-order valence-corrected chi connectivity index (χ2v) is 17.1. The zero-order chi connectivity index (χ0) is 28.0. The minimum Gasteiger partial charge on any atom is -0.383 e. The van der Waals surface area contributed by atoms with Crippen LogP contribution in [0.3, 0.4) is 0 Å². The Labute approximate surface area is 235 Å². The first-order valence-corrected chi connectivity index (χ1v) is 17.1. The topological polar surface area (TPSA) is 101 Å². The molecule has 0 heterocycles. The van der Waals surface area contributed by atoms with Crippen LogP contribution in [0.25, 0.3) is 10.8 Å². The fourth-order valence-corrected chi connectivity index (χ4v) is 6.21. The summed E-state index contributed by atoms with van der Waals surface area (Å²) in [6, 6.07) is 19.3. The van der Waals surface area contributed by atoms with Crippen molar-refractivity contribution < 1.29 is 4.79 Å². The van der Waals surface area contributed by atoms with Crippen LogP contribution in [-0.4, -0.2) is 20.5 Å². The van der Waals surface area contributed by atoms with Gasteiger partial charge in [0.15, 0.2) is 0 Å². The number of anilines is 2. The minimum atomic E-state index is -1.22. The van der Waals surface area contributed by atoms with Crippen molar-refractivity contribution in [2.24, 2.45) is 5.92 Å². The van der Waals surface area contributed by atoms with Gasteiger partial charge in [0.2, 0.25) is 5.91 Å². The van der Waals surface area contributed by atoms with Crippen molar-refractivity contribution >= 4 is 59.3 Å². The summed E-state index contributed by atoms with van der Waals surface area (Å²) in [5, 5.41) is 25.1. The second kappa shape index (κ2) is 12.5. The van der Waals surface area contributed by atoms with Gasteiger partial charge in [0.1, 0.15) is 12.1 Å². The Kier molecular flexibility index (Phi) is 9.68. The lowest BCUT2D eigenvalue weighted by atomic mass is 9.85. The minimum absolute atomic E-state index is 0.00378. The predicted molar refractivity (Wildman–Crippen MR) is 160 cm³/mol. The molecule has 0 aromatic heterocycles. The number of carbonyl (C=O) groups is 1. The molecule has 0 aliphatic heterocycles. The number of hydrogen-bond donors (Lipinski definition) is 3. The summed E-state index contributed by atoms with van der Waals surface area (Å²) in [4.78, 5) is 13.2. The number of nitrogens with zero attached hydrogens (tertiary/aromatic N) is 2. The second-order valence-electron chi connectivity index (χ2n) is 10.7. The van der Waals surface area contributed by atoms with E-state index in [0.29, 0.717) is 12.2 Å². The first-order chi connectivity index (χ1) is 18.0. The Morgan fingerprint density at radius 3 is 2.24 bits per heavy atom. The molecule has 0 radical (unpaired) electrons. The summed E-state index contributed by atoms with van der Waals surface area (Å²) >= 11 is 13.1. The third-order valence-electron chi connectivity index (χ3n) is 6.80. The van der Waals surface area contributed by atoms with Crippen LogP contribution in [-0.2, 0) is 4.79 Å². The molecular weight excluding hydrogens is 533 g/mol. The summed E-state index contributed by atoms with van der Waals surface area (Å²) in [6.45, 7) is 11.4. The highest BCUT2D eigenvalue weighted by atomic mass is 35.5. The standard InChI is InChI=1S/C29H33Cl2N5OSi/c1-18(21-13-8-11-20-10-6-7-12-22(20)21)19(2)29(37)36-35-28-24(17-33)25(30)23(16-32)27(26(28)31)34-14-9-15-38(3,4)5/h6-8,10-13,18-19,34-35H,9,14-15H2,1-5H3,(H,36,37)/t18-,19?/m1/s1. The van der Waals surface area contributed by atoms with Crippen LogP contribution in [0, 0.1) is 28.6 Å². The number of fused-ring (bicyclic) bond motifs is 1. The van der Waals surface area contributed by atoms with Crippen LogP contribution < -0.4 is 16.2 Å². The van der Waals surface area contributed by atoms with Crippen LogP contribution >= 0.6 is 23.2 Å². The zero-order valence-electron chi connectivity index (χ0n) is 22.4. The number of halogens is 2. The Bertz CT molecular complexity index is 1420. The van der Waals surface area contributed by atoms with E-state index in [0.717, 1.165) is 28.8 Å². The van der Waals surface area contributed by atoms with Crippen molar-refractivity contribution in [3.63, 3.8) is 0 Å². The molecule has 3 N–H and O–H groups in total. The molecule has 0 aliphatic carbocycles. The number of hydrogen-bond acceptors (Lipinski definition) is 5. The summed E-state index contributed by atoms with van der Waals surface area (Å²) in [6.07, 6.45) is 0.914. The van der Waals surface area contributed by atoms with E-state index in [4.69, 9.17) is 23.2 Å². The molecule has 0 spiro atoms. The number of hydrazine groups is 1. The van der Waals surface area contributed by atoms with E-state index >= 15 is 0 Å². The molecule has 3 aromatic rings. The third kappa shape index (κ3) is 6.60. The largest absolute Gasteiger partial charge is 0.383 e. The number of nitrogens with one attached hydrogen (secondary N) is 3. The first kappa shape index (κ1) is 29.3. The van der Waals surface area contributed by atoms with Crippen LogP contribution in [0.2, 0.25) is 35.7 Å². The molecule has 0 aliphatic rings. The predicted octanol–water partition coefficient (Wildman–Crippen LogP) is 7.91. The van der Waals surface area contributed by atoms with Gasteiger partial charge in [-0.05, 0) is 28.7 Å². The van der Waals surface area contributed by atoms with Crippen LogP contribution in [0.5, 0.6) is 0 Å². The van der Waals surface area contributed by atoms with Crippen molar-refractivity contribution in [1.82, 2.24) is 5.43 Å². The highest BCUT2D eigenvalue weighted by molar-refractivity contribution is 6.76. The highest BCUT2D eigenvalue weighted by Gasteiger charge is 2.26. The molecule has 0 saturated carbocycles. The molecule has 1 amide bonds. The van der Waals surface area contributed by atoms with Gasteiger partial charge in [0, 0.05) is 20.5 Å². The van der Waals surface area contributed by atoms with Gasteiger partial charge < -0.3 is 5.32 Å². The number of rotatable bonds is 10. The molecule has 2 atom stereocenters. The lowest BCUT2D eigenvalue weighted by Gasteiger charge is -2.23. The summed E-state index contributed by atoms with van der Waals surface area (Å²) in [5.41, 5.74) is 7.21. The van der Waals surface area contributed by atoms with Crippen molar-refractivity contribution in [2.45, 2.75) is 51.9 Å². The number of benzene rings is 3. The maximum absolute atomic E-state index is 13.2. The van der Waals surface area contributed by atoms with Gasteiger partial charge in [-0.25, -0.2) is 0 Å². The zero-order valence-corrected chi connectivity index (χ0v) is 24.9. The maximum atomic E-state index is 13.2. The third-order valence-corrected chi connectivity index (χ3v) is 9.40. The van der Waals surface area contributed by atoms with Gasteiger partial charge in [-0.2, -0.15) is 10.5 Å². The molecular formula is C29H33Cl2N5OSi. The summed E-state index contributed by atoms with van der Waals surface area (Å²) in [7, 11) is -1.22. The molecule has 38 heavy (non-hydrogen) atoms. The molecule has 0 bridgehead atoms. The van der Waals surface area contributed by atoms with Gasteiger partial charge in [0.25, 0.3) is 0 Å².